The van der Waals surface area contributed by atoms with Crippen molar-refractivity contribution >= 4 is 27.6 Å². The molecule has 2 nitrogen and oxygen atoms in total. The average molecular weight is 259 g/mol. The lowest BCUT2D eigenvalue weighted by atomic mass is 10.0. The molecular weight excluding hydrogens is 246 g/mol. The number of para-hydroxylation sites is 1. The summed E-state index contributed by atoms with van der Waals surface area (Å²) in [5.74, 6) is 0. The molecule has 0 spiro atoms. The van der Waals surface area contributed by atoms with Gasteiger partial charge in [-0.25, -0.2) is 0 Å². The van der Waals surface area contributed by atoms with Crippen LogP contribution in [0.3, 0.4) is 0 Å². The quantitative estimate of drug-likeness (QED) is 0.497. The Morgan fingerprint density at radius 3 is 2.30 bits per heavy atom. The topological polar surface area (TPSA) is 39.2 Å². The summed E-state index contributed by atoms with van der Waals surface area (Å²) in [5, 5.41) is 2.23. The van der Waals surface area contributed by atoms with Gasteiger partial charge in [0.1, 0.15) is 11.2 Å². The van der Waals surface area contributed by atoms with Crippen molar-refractivity contribution in [3.63, 3.8) is 0 Å². The van der Waals surface area contributed by atoms with Crippen molar-refractivity contribution in [3.8, 4) is 11.1 Å². The molecule has 0 bridgehead atoms. The van der Waals surface area contributed by atoms with E-state index in [-0.39, 0.29) is 0 Å². The van der Waals surface area contributed by atoms with Crippen molar-refractivity contribution in [3.05, 3.63) is 66.7 Å². The lowest BCUT2D eigenvalue weighted by molar-refractivity contribution is 0.669. The van der Waals surface area contributed by atoms with Gasteiger partial charge >= 0.3 is 0 Å². The van der Waals surface area contributed by atoms with Crippen molar-refractivity contribution < 1.29 is 4.42 Å². The number of hydrogen-bond donors (Lipinski definition) is 1. The van der Waals surface area contributed by atoms with Crippen LogP contribution in [0.1, 0.15) is 0 Å². The van der Waals surface area contributed by atoms with Crippen LogP contribution in [0.2, 0.25) is 0 Å². The molecule has 0 unspecified atom stereocenters. The van der Waals surface area contributed by atoms with E-state index >= 15 is 0 Å². The minimum absolute atomic E-state index is 0.739. The number of anilines is 1. The second-order valence-corrected chi connectivity index (χ2v) is 4.90. The summed E-state index contributed by atoms with van der Waals surface area (Å²) in [5.41, 5.74) is 10.8. The van der Waals surface area contributed by atoms with E-state index in [0.717, 1.165) is 38.8 Å². The molecule has 20 heavy (non-hydrogen) atoms. The molecule has 1 heterocycles. The van der Waals surface area contributed by atoms with Gasteiger partial charge in [0.25, 0.3) is 0 Å². The molecule has 0 radical (unpaired) electrons. The van der Waals surface area contributed by atoms with Gasteiger partial charge in [-0.2, -0.15) is 0 Å². The van der Waals surface area contributed by atoms with Crippen LogP contribution in [0.25, 0.3) is 33.1 Å². The Labute approximate surface area is 116 Å². The van der Waals surface area contributed by atoms with E-state index in [4.69, 9.17) is 10.2 Å². The number of nitrogens with two attached hydrogens (primary N) is 1. The zero-order valence-corrected chi connectivity index (χ0v) is 10.8. The first-order valence-corrected chi connectivity index (χ1v) is 6.59. The third-order valence-electron chi connectivity index (χ3n) is 3.63. The SMILES string of the molecule is Nc1cc2oc3ccccc3c2cc1-c1ccccc1. The zero-order valence-electron chi connectivity index (χ0n) is 10.8. The molecule has 2 N–H and O–H groups in total. The van der Waals surface area contributed by atoms with E-state index in [9.17, 15) is 0 Å². The van der Waals surface area contributed by atoms with Crippen LogP contribution in [0.5, 0.6) is 0 Å². The Morgan fingerprint density at radius 2 is 1.45 bits per heavy atom. The summed E-state index contributed by atoms with van der Waals surface area (Å²) in [7, 11) is 0. The van der Waals surface area contributed by atoms with Crippen LogP contribution in [-0.4, -0.2) is 0 Å². The highest BCUT2D eigenvalue weighted by Gasteiger charge is 2.10. The molecule has 3 aromatic carbocycles. The van der Waals surface area contributed by atoms with Crippen molar-refractivity contribution in [2.75, 3.05) is 5.73 Å². The van der Waals surface area contributed by atoms with Crippen LogP contribution in [0.15, 0.2) is 71.1 Å². The summed E-state index contributed by atoms with van der Waals surface area (Å²) in [6.07, 6.45) is 0. The number of benzene rings is 3. The van der Waals surface area contributed by atoms with E-state index in [1.165, 1.54) is 0 Å². The van der Waals surface area contributed by atoms with Gasteiger partial charge < -0.3 is 10.2 Å². The fraction of sp³-hybridized carbons (Fsp3) is 0. The largest absolute Gasteiger partial charge is 0.456 e. The van der Waals surface area contributed by atoms with Crippen molar-refractivity contribution in [2.24, 2.45) is 0 Å². The summed E-state index contributed by atoms with van der Waals surface area (Å²) < 4.78 is 5.84. The summed E-state index contributed by atoms with van der Waals surface area (Å²) >= 11 is 0. The fourth-order valence-electron chi connectivity index (χ4n) is 2.65. The van der Waals surface area contributed by atoms with E-state index in [2.05, 4.69) is 24.3 Å². The third-order valence-corrected chi connectivity index (χ3v) is 3.63. The normalized spacial score (nSPS) is 11.2. The van der Waals surface area contributed by atoms with E-state index in [0.29, 0.717) is 0 Å². The number of hydrogen-bond acceptors (Lipinski definition) is 2. The molecule has 0 saturated heterocycles. The molecular formula is C18H13NO. The monoisotopic (exact) mass is 259 g/mol. The summed E-state index contributed by atoms with van der Waals surface area (Å²) in [4.78, 5) is 0. The minimum atomic E-state index is 0.739. The predicted octanol–water partition coefficient (Wildman–Crippen LogP) is 4.84. The molecule has 4 aromatic rings. The maximum atomic E-state index is 6.18. The molecule has 1 aromatic heterocycles. The van der Waals surface area contributed by atoms with Gasteiger partial charge in [-0.05, 0) is 17.7 Å². The smallest absolute Gasteiger partial charge is 0.137 e. The number of fused-ring (bicyclic) bond motifs is 3. The van der Waals surface area contributed by atoms with Crippen LogP contribution >= 0.6 is 0 Å². The number of furan rings is 1. The van der Waals surface area contributed by atoms with Gasteiger partial charge in [-0.3, -0.25) is 0 Å². The zero-order chi connectivity index (χ0) is 13.5. The van der Waals surface area contributed by atoms with Gasteiger partial charge in [-0.1, -0.05) is 48.5 Å². The minimum Gasteiger partial charge on any atom is -0.456 e. The standard InChI is InChI=1S/C18H13NO/c19-16-11-18-15(13-8-4-5-9-17(13)20-18)10-14(16)12-6-2-1-3-7-12/h1-11H,19H2. The van der Waals surface area contributed by atoms with E-state index < -0.39 is 0 Å². The molecule has 0 atom stereocenters. The van der Waals surface area contributed by atoms with Gasteiger partial charge in [0.15, 0.2) is 0 Å². The lowest BCUT2D eigenvalue weighted by Gasteiger charge is -2.05. The molecule has 0 fully saturated rings. The van der Waals surface area contributed by atoms with Gasteiger partial charge in [-0.15, -0.1) is 0 Å². The molecule has 4 rings (SSSR count). The second kappa shape index (κ2) is 4.14. The highest BCUT2D eigenvalue weighted by atomic mass is 16.3. The Bertz CT molecular complexity index is 907. The van der Waals surface area contributed by atoms with Crippen LogP contribution < -0.4 is 5.73 Å². The highest BCUT2D eigenvalue weighted by molar-refractivity contribution is 6.08. The molecule has 0 amide bonds. The molecule has 0 aliphatic carbocycles. The molecule has 0 saturated carbocycles. The van der Waals surface area contributed by atoms with Crippen LogP contribution in [0.4, 0.5) is 5.69 Å². The average Bonchev–Trinajstić information content (AvgIpc) is 2.84. The Morgan fingerprint density at radius 1 is 0.700 bits per heavy atom. The first-order chi connectivity index (χ1) is 9.83. The lowest BCUT2D eigenvalue weighted by Crippen LogP contribution is -1.89. The maximum absolute atomic E-state index is 6.18. The molecule has 2 heteroatoms. The van der Waals surface area contributed by atoms with Crippen molar-refractivity contribution in [1.82, 2.24) is 0 Å². The Hall–Kier alpha value is -2.74. The van der Waals surface area contributed by atoms with Crippen LogP contribution in [0, 0.1) is 0 Å². The fourth-order valence-corrected chi connectivity index (χ4v) is 2.65. The molecule has 0 aliphatic rings. The van der Waals surface area contributed by atoms with E-state index in [1.54, 1.807) is 0 Å². The highest BCUT2D eigenvalue weighted by Crippen LogP contribution is 2.35. The number of rotatable bonds is 1. The van der Waals surface area contributed by atoms with Crippen molar-refractivity contribution in [2.45, 2.75) is 0 Å². The molecule has 0 aliphatic heterocycles. The number of nitrogen functional groups attached to an aromatic ring is 1. The van der Waals surface area contributed by atoms with Gasteiger partial charge in [0.05, 0.1) is 0 Å². The van der Waals surface area contributed by atoms with Gasteiger partial charge in [0, 0.05) is 28.1 Å². The van der Waals surface area contributed by atoms with Crippen LogP contribution in [-0.2, 0) is 0 Å². The maximum Gasteiger partial charge on any atom is 0.137 e. The third kappa shape index (κ3) is 1.58. The van der Waals surface area contributed by atoms with Gasteiger partial charge in [0.2, 0.25) is 0 Å². The first-order valence-electron chi connectivity index (χ1n) is 6.59. The first kappa shape index (κ1) is 11.1. The second-order valence-electron chi connectivity index (χ2n) is 4.90. The van der Waals surface area contributed by atoms with E-state index in [1.807, 2.05) is 42.5 Å². The van der Waals surface area contributed by atoms with Crippen molar-refractivity contribution in [1.29, 1.82) is 0 Å². The molecule has 96 valence electrons. The summed E-state index contributed by atoms with van der Waals surface area (Å²) in [6.45, 7) is 0. The Balaban J connectivity index is 2.08. The summed E-state index contributed by atoms with van der Waals surface area (Å²) in [6, 6.07) is 22.3. The Kier molecular flexibility index (Phi) is 2.30. The predicted molar refractivity (Wildman–Crippen MR) is 83.6 cm³/mol.